The van der Waals surface area contributed by atoms with Crippen LogP contribution in [0.2, 0.25) is 0 Å². The monoisotopic (exact) mass is 229 g/mol. The van der Waals surface area contributed by atoms with Gasteiger partial charge < -0.3 is 5.32 Å². The molecule has 1 unspecified atom stereocenters. The van der Waals surface area contributed by atoms with Crippen LogP contribution in [-0.2, 0) is 0 Å². The number of aromatic nitrogens is 1. The summed E-state index contributed by atoms with van der Waals surface area (Å²) in [5, 5.41) is 14.2. The van der Waals surface area contributed by atoms with Crippen molar-refractivity contribution in [1.82, 2.24) is 4.98 Å². The van der Waals surface area contributed by atoms with Crippen LogP contribution in [0.1, 0.15) is 17.3 Å². The number of thiazole rings is 1. The third-order valence-corrected chi connectivity index (χ3v) is 2.93. The quantitative estimate of drug-likeness (QED) is 0.879. The second-order valence-electron chi connectivity index (χ2n) is 3.43. The van der Waals surface area contributed by atoms with E-state index < -0.39 is 0 Å². The fourth-order valence-corrected chi connectivity index (χ4v) is 2.01. The van der Waals surface area contributed by atoms with Gasteiger partial charge in [-0.25, -0.2) is 4.98 Å². The molecule has 1 N–H and O–H groups in total. The Morgan fingerprint density at radius 2 is 2.25 bits per heavy atom. The predicted molar refractivity (Wildman–Crippen MR) is 65.3 cm³/mol. The second kappa shape index (κ2) is 4.77. The maximum atomic E-state index is 9.10. The summed E-state index contributed by atoms with van der Waals surface area (Å²) in [6, 6.07) is 9.73. The van der Waals surface area contributed by atoms with Crippen molar-refractivity contribution in [3.63, 3.8) is 0 Å². The van der Waals surface area contributed by atoms with E-state index in [-0.39, 0.29) is 6.04 Å². The summed E-state index contributed by atoms with van der Waals surface area (Å²) >= 11 is 1.50. The van der Waals surface area contributed by atoms with E-state index in [1.807, 2.05) is 36.6 Å². The summed E-state index contributed by atoms with van der Waals surface area (Å²) < 4.78 is 0. The Morgan fingerprint density at radius 1 is 1.44 bits per heavy atom. The first-order valence-corrected chi connectivity index (χ1v) is 5.85. The molecule has 80 valence electrons. The standard InChI is InChI=1S/C12H11N3S/c1-9-4-2-3-5-10(9)15-11(6-13)12-7-16-8-14-12/h2-5,7-8,11,15H,1H3. The molecule has 0 aliphatic heterocycles. The molecule has 3 nitrogen and oxygen atoms in total. The third-order valence-electron chi connectivity index (χ3n) is 2.32. The van der Waals surface area contributed by atoms with Crippen molar-refractivity contribution in [2.24, 2.45) is 0 Å². The van der Waals surface area contributed by atoms with Crippen LogP contribution in [0.25, 0.3) is 0 Å². The zero-order valence-electron chi connectivity index (χ0n) is 8.84. The van der Waals surface area contributed by atoms with Crippen molar-refractivity contribution in [3.05, 3.63) is 46.4 Å². The maximum absolute atomic E-state index is 9.10. The van der Waals surface area contributed by atoms with Crippen molar-refractivity contribution >= 4 is 17.0 Å². The molecular weight excluding hydrogens is 218 g/mol. The molecule has 0 aliphatic rings. The van der Waals surface area contributed by atoms with Gasteiger partial charge in [0.2, 0.25) is 0 Å². The number of rotatable bonds is 3. The number of nitriles is 1. The number of nitrogens with zero attached hydrogens (tertiary/aromatic N) is 2. The third kappa shape index (κ3) is 2.20. The molecule has 4 heteroatoms. The number of hydrogen-bond acceptors (Lipinski definition) is 4. The van der Waals surface area contributed by atoms with Gasteiger partial charge in [0.15, 0.2) is 6.04 Å². The maximum Gasteiger partial charge on any atom is 0.158 e. The molecule has 0 fully saturated rings. The van der Waals surface area contributed by atoms with Crippen LogP contribution in [0.5, 0.6) is 0 Å². The van der Waals surface area contributed by atoms with Gasteiger partial charge >= 0.3 is 0 Å². The summed E-state index contributed by atoms with van der Waals surface area (Å²) in [7, 11) is 0. The van der Waals surface area contributed by atoms with E-state index in [1.54, 1.807) is 5.51 Å². The van der Waals surface area contributed by atoms with Crippen LogP contribution in [0.4, 0.5) is 5.69 Å². The molecule has 1 heterocycles. The minimum Gasteiger partial charge on any atom is -0.365 e. The minimum atomic E-state index is -0.382. The first kappa shape index (κ1) is 10.7. The molecule has 1 aromatic heterocycles. The summed E-state index contributed by atoms with van der Waals surface area (Å²) in [6.45, 7) is 2.01. The summed E-state index contributed by atoms with van der Waals surface area (Å²) in [4.78, 5) is 4.15. The molecule has 1 atom stereocenters. The van der Waals surface area contributed by atoms with Crippen LogP contribution in [-0.4, -0.2) is 4.98 Å². The number of anilines is 1. The summed E-state index contributed by atoms with van der Waals surface area (Å²) in [5.41, 5.74) is 4.61. The SMILES string of the molecule is Cc1ccccc1NC(C#N)c1cscn1. The van der Waals surface area contributed by atoms with Crippen molar-refractivity contribution < 1.29 is 0 Å². The zero-order chi connectivity index (χ0) is 11.4. The van der Waals surface area contributed by atoms with E-state index >= 15 is 0 Å². The number of para-hydroxylation sites is 1. The van der Waals surface area contributed by atoms with Crippen LogP contribution in [0.15, 0.2) is 35.2 Å². The van der Waals surface area contributed by atoms with Gasteiger partial charge in [-0.1, -0.05) is 18.2 Å². The van der Waals surface area contributed by atoms with Crippen LogP contribution in [0, 0.1) is 18.3 Å². The average molecular weight is 229 g/mol. The van der Waals surface area contributed by atoms with Gasteiger partial charge in [-0.2, -0.15) is 5.26 Å². The van der Waals surface area contributed by atoms with E-state index in [4.69, 9.17) is 5.26 Å². The molecule has 0 saturated carbocycles. The van der Waals surface area contributed by atoms with Gasteiger partial charge in [-0.05, 0) is 18.6 Å². The van der Waals surface area contributed by atoms with E-state index in [2.05, 4.69) is 16.4 Å². The fraction of sp³-hybridized carbons (Fsp3) is 0.167. The first-order valence-electron chi connectivity index (χ1n) is 4.91. The van der Waals surface area contributed by atoms with Gasteiger partial charge in [-0.3, -0.25) is 0 Å². The molecule has 0 saturated heterocycles. The van der Waals surface area contributed by atoms with Gasteiger partial charge in [0.05, 0.1) is 17.3 Å². The van der Waals surface area contributed by atoms with Crippen molar-refractivity contribution in [2.45, 2.75) is 13.0 Å². The Bertz CT molecular complexity index is 499. The van der Waals surface area contributed by atoms with Crippen molar-refractivity contribution in [2.75, 3.05) is 5.32 Å². The molecule has 0 aliphatic carbocycles. The molecular formula is C12H11N3S. The first-order chi connectivity index (χ1) is 7.81. The van der Waals surface area contributed by atoms with Gasteiger partial charge in [0, 0.05) is 11.1 Å². The van der Waals surface area contributed by atoms with Crippen molar-refractivity contribution in [3.8, 4) is 6.07 Å². The second-order valence-corrected chi connectivity index (χ2v) is 4.15. The van der Waals surface area contributed by atoms with Gasteiger partial charge in [0.25, 0.3) is 0 Å². The highest BCUT2D eigenvalue weighted by atomic mass is 32.1. The molecule has 1 aromatic carbocycles. The van der Waals surface area contributed by atoms with E-state index in [0.717, 1.165) is 16.9 Å². The Morgan fingerprint density at radius 3 is 2.88 bits per heavy atom. The lowest BCUT2D eigenvalue weighted by molar-refractivity contribution is 0.948. The highest BCUT2D eigenvalue weighted by Crippen LogP contribution is 2.21. The van der Waals surface area contributed by atoms with Crippen molar-refractivity contribution in [1.29, 1.82) is 5.26 Å². The largest absolute Gasteiger partial charge is 0.365 e. The van der Waals surface area contributed by atoms with Crippen LogP contribution in [0.3, 0.4) is 0 Å². The van der Waals surface area contributed by atoms with Gasteiger partial charge in [-0.15, -0.1) is 11.3 Å². The van der Waals surface area contributed by atoms with E-state index in [0.29, 0.717) is 0 Å². The van der Waals surface area contributed by atoms with E-state index in [1.165, 1.54) is 11.3 Å². The molecule has 2 rings (SSSR count). The predicted octanol–water partition coefficient (Wildman–Crippen LogP) is 3.13. The number of benzene rings is 1. The molecule has 0 bridgehead atoms. The average Bonchev–Trinajstić information content (AvgIpc) is 2.81. The Kier molecular flexibility index (Phi) is 3.18. The molecule has 0 amide bonds. The summed E-state index contributed by atoms with van der Waals surface area (Å²) in [5.74, 6) is 0. The lowest BCUT2D eigenvalue weighted by Crippen LogP contribution is -2.09. The normalized spacial score (nSPS) is 11.8. The summed E-state index contributed by atoms with van der Waals surface area (Å²) in [6.07, 6.45) is 0. The number of hydrogen-bond donors (Lipinski definition) is 1. The van der Waals surface area contributed by atoms with Crippen LogP contribution < -0.4 is 5.32 Å². The molecule has 0 spiro atoms. The topological polar surface area (TPSA) is 48.7 Å². The van der Waals surface area contributed by atoms with Crippen LogP contribution >= 0.6 is 11.3 Å². The highest BCUT2D eigenvalue weighted by molar-refractivity contribution is 7.07. The zero-order valence-corrected chi connectivity index (χ0v) is 9.66. The lowest BCUT2D eigenvalue weighted by Gasteiger charge is -2.12. The smallest absolute Gasteiger partial charge is 0.158 e. The fourth-order valence-electron chi connectivity index (χ4n) is 1.43. The molecule has 0 radical (unpaired) electrons. The Hall–Kier alpha value is -1.86. The molecule has 2 aromatic rings. The Labute approximate surface area is 98.4 Å². The highest BCUT2D eigenvalue weighted by Gasteiger charge is 2.12. The number of aryl methyl sites for hydroxylation is 1. The minimum absolute atomic E-state index is 0.382. The number of nitrogens with one attached hydrogen (secondary N) is 1. The molecule has 16 heavy (non-hydrogen) atoms. The Balaban J connectivity index is 2.21. The van der Waals surface area contributed by atoms with Gasteiger partial charge in [0.1, 0.15) is 0 Å². The lowest BCUT2D eigenvalue weighted by atomic mass is 10.1. The van der Waals surface area contributed by atoms with E-state index in [9.17, 15) is 0 Å².